The van der Waals surface area contributed by atoms with Crippen molar-refractivity contribution in [2.75, 3.05) is 0 Å². The lowest BCUT2D eigenvalue weighted by Crippen LogP contribution is -2.19. The predicted octanol–water partition coefficient (Wildman–Crippen LogP) is 6.21. The number of allylic oxidation sites excluding steroid dienone is 9. The van der Waals surface area contributed by atoms with Crippen LogP contribution < -0.4 is 5.32 Å². The van der Waals surface area contributed by atoms with Gasteiger partial charge >= 0.3 is 0 Å². The van der Waals surface area contributed by atoms with Gasteiger partial charge in [0.15, 0.2) is 0 Å². The zero-order valence-electron chi connectivity index (χ0n) is 14.4. The first-order valence-electron chi connectivity index (χ1n) is 8.43. The van der Waals surface area contributed by atoms with E-state index >= 15 is 0 Å². The van der Waals surface area contributed by atoms with E-state index in [9.17, 15) is 0 Å². The highest BCUT2D eigenvalue weighted by molar-refractivity contribution is 5.27. The minimum atomic E-state index is 0.277. The maximum absolute atomic E-state index is 4.24. The van der Waals surface area contributed by atoms with Gasteiger partial charge in [0.2, 0.25) is 0 Å². The number of nitrogens with one attached hydrogen (secondary N) is 1. The smallest absolute Gasteiger partial charge is 0.0344 e. The summed E-state index contributed by atoms with van der Waals surface area (Å²) in [4.78, 5) is 0. The average Bonchev–Trinajstić information content (AvgIpc) is 2.51. The Labute approximate surface area is 136 Å². The molecule has 1 atom stereocenters. The number of hydrogen-bond donors (Lipinski definition) is 1. The van der Waals surface area contributed by atoms with Crippen LogP contribution in [-0.2, 0) is 0 Å². The Hall–Kier alpha value is -1.76. The van der Waals surface area contributed by atoms with Crippen molar-refractivity contribution in [2.45, 2.75) is 52.9 Å². The van der Waals surface area contributed by atoms with Crippen LogP contribution in [0.4, 0.5) is 0 Å². The lowest BCUT2D eigenvalue weighted by molar-refractivity contribution is 0.751. The molecule has 1 heteroatoms. The summed E-state index contributed by atoms with van der Waals surface area (Å²) in [6, 6.07) is 0. The Bertz CT molecular complexity index is 486. The van der Waals surface area contributed by atoms with Crippen molar-refractivity contribution in [3.63, 3.8) is 0 Å². The van der Waals surface area contributed by atoms with Crippen molar-refractivity contribution < 1.29 is 0 Å². The molecule has 0 aromatic rings. The third-order valence-corrected chi connectivity index (χ3v) is 3.81. The third-order valence-electron chi connectivity index (χ3n) is 3.81. The molecule has 1 nitrogen and oxygen atoms in total. The maximum Gasteiger partial charge on any atom is 0.0344 e. The summed E-state index contributed by atoms with van der Waals surface area (Å²) < 4.78 is 0. The summed E-state index contributed by atoms with van der Waals surface area (Å²) in [7, 11) is 0. The molecular formula is C21H31N. The highest BCUT2D eigenvalue weighted by Gasteiger charge is 2.11. The largest absolute Gasteiger partial charge is 0.362 e. The van der Waals surface area contributed by atoms with Gasteiger partial charge < -0.3 is 5.32 Å². The van der Waals surface area contributed by atoms with Gasteiger partial charge in [-0.2, -0.15) is 0 Å². The van der Waals surface area contributed by atoms with E-state index in [0.29, 0.717) is 0 Å². The topological polar surface area (TPSA) is 12.0 Å². The summed E-state index contributed by atoms with van der Waals surface area (Å²) in [5.41, 5.74) is 3.82. The van der Waals surface area contributed by atoms with Crippen LogP contribution in [0.1, 0.15) is 52.9 Å². The van der Waals surface area contributed by atoms with E-state index in [2.05, 4.69) is 81.3 Å². The fourth-order valence-electron chi connectivity index (χ4n) is 2.42. The quantitative estimate of drug-likeness (QED) is 0.551. The number of rotatable bonds is 7. The van der Waals surface area contributed by atoms with Gasteiger partial charge in [0.05, 0.1) is 0 Å². The molecule has 1 aliphatic rings. The Morgan fingerprint density at radius 2 is 2.09 bits per heavy atom. The van der Waals surface area contributed by atoms with Gasteiger partial charge in [0.1, 0.15) is 0 Å². The summed E-state index contributed by atoms with van der Waals surface area (Å²) in [6.45, 7) is 10.7. The van der Waals surface area contributed by atoms with Crippen molar-refractivity contribution in [3.05, 3.63) is 72.2 Å². The SMILES string of the molecule is C=C1N/C(CC/C=C\CC)=C(/C)C/C=C\C1/C=C/C/C=C/C. The van der Waals surface area contributed by atoms with Crippen LogP contribution in [0.3, 0.4) is 0 Å². The van der Waals surface area contributed by atoms with E-state index in [1.807, 2.05) is 0 Å². The molecule has 0 saturated heterocycles. The maximum atomic E-state index is 4.24. The van der Waals surface area contributed by atoms with Crippen molar-refractivity contribution >= 4 is 0 Å². The number of hydrogen-bond acceptors (Lipinski definition) is 1. The molecule has 0 aliphatic carbocycles. The van der Waals surface area contributed by atoms with E-state index < -0.39 is 0 Å². The molecule has 0 bridgehead atoms. The molecule has 1 heterocycles. The van der Waals surface area contributed by atoms with Gasteiger partial charge in [-0.25, -0.2) is 0 Å². The van der Waals surface area contributed by atoms with E-state index in [0.717, 1.165) is 37.8 Å². The predicted molar refractivity (Wildman–Crippen MR) is 99.5 cm³/mol. The van der Waals surface area contributed by atoms with Gasteiger partial charge in [-0.1, -0.05) is 67.7 Å². The average molecular weight is 297 g/mol. The van der Waals surface area contributed by atoms with Gasteiger partial charge in [-0.3, -0.25) is 0 Å². The molecule has 120 valence electrons. The highest BCUT2D eigenvalue weighted by atomic mass is 14.9. The van der Waals surface area contributed by atoms with Gasteiger partial charge in [-0.15, -0.1) is 0 Å². The van der Waals surface area contributed by atoms with Gasteiger partial charge in [0.25, 0.3) is 0 Å². The van der Waals surface area contributed by atoms with Crippen LogP contribution >= 0.6 is 0 Å². The molecule has 22 heavy (non-hydrogen) atoms. The zero-order chi connectivity index (χ0) is 16.2. The molecule has 0 fully saturated rings. The molecule has 0 aromatic heterocycles. The Morgan fingerprint density at radius 1 is 1.27 bits per heavy atom. The Morgan fingerprint density at radius 3 is 2.82 bits per heavy atom. The second-order valence-corrected chi connectivity index (χ2v) is 5.72. The normalized spacial score (nSPS) is 24.9. The monoisotopic (exact) mass is 297 g/mol. The lowest BCUT2D eigenvalue weighted by Gasteiger charge is -2.21. The first-order valence-corrected chi connectivity index (χ1v) is 8.43. The standard InChI is InChI=1S/C21H31N/c1-5-7-9-11-15-20-16-13-14-18(3)21(22-19(20)4)17-12-10-8-6-2/h5,7-8,10-11,13,15-16,20,22H,4,6,9,12,14,17H2,1-3H3/b7-5+,10-8-,15-11+,16-13-,21-18-. The fourth-order valence-corrected chi connectivity index (χ4v) is 2.42. The van der Waals surface area contributed by atoms with Crippen LogP contribution in [0.5, 0.6) is 0 Å². The van der Waals surface area contributed by atoms with Gasteiger partial charge in [-0.05, 0) is 46.0 Å². The molecule has 0 aromatic carbocycles. The summed E-state index contributed by atoms with van der Waals surface area (Å²) in [5.74, 6) is 0.277. The first-order chi connectivity index (χ1) is 10.7. The summed E-state index contributed by atoms with van der Waals surface area (Å²) in [6.07, 6.45) is 23.0. The lowest BCUT2D eigenvalue weighted by atomic mass is 9.98. The van der Waals surface area contributed by atoms with Crippen molar-refractivity contribution in [1.82, 2.24) is 5.32 Å². The van der Waals surface area contributed by atoms with Crippen molar-refractivity contribution in [2.24, 2.45) is 5.92 Å². The van der Waals surface area contributed by atoms with Crippen molar-refractivity contribution in [3.8, 4) is 0 Å². The minimum absolute atomic E-state index is 0.277. The third kappa shape index (κ3) is 6.80. The first kappa shape index (κ1) is 18.3. The molecule has 1 unspecified atom stereocenters. The Balaban J connectivity index is 2.69. The molecule has 0 saturated carbocycles. The van der Waals surface area contributed by atoms with Crippen LogP contribution in [0, 0.1) is 5.92 Å². The second-order valence-electron chi connectivity index (χ2n) is 5.72. The van der Waals surface area contributed by atoms with Gasteiger partial charge in [0, 0.05) is 17.3 Å². The molecule has 1 rings (SSSR count). The minimum Gasteiger partial charge on any atom is -0.362 e. The highest BCUT2D eigenvalue weighted by Crippen LogP contribution is 2.22. The van der Waals surface area contributed by atoms with Crippen molar-refractivity contribution in [1.29, 1.82) is 0 Å². The molecule has 1 aliphatic heterocycles. The molecule has 0 radical (unpaired) electrons. The van der Waals surface area contributed by atoms with E-state index in [1.54, 1.807) is 0 Å². The summed E-state index contributed by atoms with van der Waals surface area (Å²) >= 11 is 0. The zero-order valence-corrected chi connectivity index (χ0v) is 14.4. The Kier molecular flexibility index (Phi) is 9.06. The summed E-state index contributed by atoms with van der Waals surface area (Å²) in [5, 5.41) is 3.57. The van der Waals surface area contributed by atoms with E-state index in [-0.39, 0.29) is 5.92 Å². The van der Waals surface area contributed by atoms with E-state index in [4.69, 9.17) is 0 Å². The van der Waals surface area contributed by atoms with E-state index in [1.165, 1.54) is 11.3 Å². The van der Waals surface area contributed by atoms with Crippen LogP contribution in [0.25, 0.3) is 0 Å². The fraction of sp³-hybridized carbons (Fsp3) is 0.429. The molecule has 0 amide bonds. The van der Waals surface area contributed by atoms with Crippen LogP contribution in [0.2, 0.25) is 0 Å². The van der Waals surface area contributed by atoms with Crippen LogP contribution in [0.15, 0.2) is 72.2 Å². The van der Waals surface area contributed by atoms with Crippen LogP contribution in [-0.4, -0.2) is 0 Å². The molecule has 0 spiro atoms. The molecule has 1 N–H and O–H groups in total. The molecular weight excluding hydrogens is 266 g/mol. The second kappa shape index (κ2) is 10.9.